The number of piperidine rings is 1. The number of benzene rings is 2. The summed E-state index contributed by atoms with van der Waals surface area (Å²) in [6.07, 6.45) is 0.961. The predicted octanol–water partition coefficient (Wildman–Crippen LogP) is 3.88. The number of amides is 1. The van der Waals surface area contributed by atoms with Gasteiger partial charge in [0.15, 0.2) is 0 Å². The first kappa shape index (κ1) is 20.4. The van der Waals surface area contributed by atoms with Crippen molar-refractivity contribution in [3.05, 3.63) is 59.7 Å². The van der Waals surface area contributed by atoms with Crippen LogP contribution in [-0.2, 0) is 10.0 Å². The number of nitrogens with one attached hydrogen (secondary N) is 1. The maximum absolute atomic E-state index is 13.8. The fraction of sp³-hybridized carbons (Fsp3) is 0.350. The molecule has 1 heterocycles. The molecule has 2 aromatic carbocycles. The van der Waals surface area contributed by atoms with Gasteiger partial charge in [-0.15, -0.1) is 0 Å². The molecule has 0 bridgehead atoms. The van der Waals surface area contributed by atoms with E-state index in [1.165, 1.54) is 34.6 Å². The molecular weight excluding hydrogens is 386 g/mol. The van der Waals surface area contributed by atoms with Gasteiger partial charge >= 0.3 is 0 Å². The summed E-state index contributed by atoms with van der Waals surface area (Å²) in [5, 5.41) is 2.17. The number of nitrogens with zero attached hydrogens (tertiary/aromatic N) is 1. The van der Waals surface area contributed by atoms with Gasteiger partial charge < -0.3 is 5.32 Å². The third kappa shape index (κ3) is 4.23. The highest BCUT2D eigenvalue weighted by Crippen LogP contribution is 2.27. The van der Waals surface area contributed by atoms with Gasteiger partial charge in [0.25, 0.3) is 5.91 Å². The Labute approximate surface area is 163 Å². The third-order valence-corrected chi connectivity index (χ3v) is 6.60. The molecule has 3 rings (SSSR count). The van der Waals surface area contributed by atoms with Crippen LogP contribution < -0.4 is 5.32 Å². The van der Waals surface area contributed by atoms with E-state index >= 15 is 0 Å². The van der Waals surface area contributed by atoms with E-state index in [0.29, 0.717) is 13.1 Å². The average molecular weight is 408 g/mol. The first-order valence-electron chi connectivity index (χ1n) is 9.04. The second-order valence-corrected chi connectivity index (χ2v) is 9.28. The Morgan fingerprint density at radius 2 is 1.61 bits per heavy atom. The minimum absolute atomic E-state index is 0.00170. The van der Waals surface area contributed by atoms with E-state index in [4.69, 9.17) is 0 Å². The van der Waals surface area contributed by atoms with Crippen molar-refractivity contribution in [2.45, 2.75) is 25.2 Å². The van der Waals surface area contributed by atoms with E-state index in [1.807, 2.05) is 13.8 Å². The number of anilines is 1. The van der Waals surface area contributed by atoms with Crippen molar-refractivity contribution >= 4 is 21.6 Å². The maximum Gasteiger partial charge on any atom is 0.255 e. The van der Waals surface area contributed by atoms with Gasteiger partial charge in [-0.25, -0.2) is 17.2 Å². The van der Waals surface area contributed by atoms with Crippen LogP contribution in [0.4, 0.5) is 14.5 Å². The second kappa shape index (κ2) is 7.97. The molecule has 1 saturated heterocycles. The zero-order valence-electron chi connectivity index (χ0n) is 15.7. The summed E-state index contributed by atoms with van der Waals surface area (Å²) in [4.78, 5) is 12.4. The highest BCUT2D eigenvalue weighted by atomic mass is 32.2. The largest absolute Gasteiger partial charge is 0.317 e. The molecule has 1 aliphatic rings. The summed E-state index contributed by atoms with van der Waals surface area (Å²) in [7, 11) is -3.77. The first-order valence-corrected chi connectivity index (χ1v) is 10.5. The lowest BCUT2D eigenvalue weighted by molar-refractivity contribution is 0.102. The maximum atomic E-state index is 13.8. The topological polar surface area (TPSA) is 66.5 Å². The Morgan fingerprint density at radius 3 is 2.21 bits per heavy atom. The molecule has 1 N–H and O–H groups in total. The summed E-state index contributed by atoms with van der Waals surface area (Å²) in [5.41, 5.74) is -0.568. The molecule has 1 fully saturated rings. The Bertz CT molecular complexity index is 964. The number of sulfonamides is 1. The normalized spacial score (nSPS) is 20.7. The number of carbonyl (C=O) groups is 1. The smallest absolute Gasteiger partial charge is 0.255 e. The zero-order chi connectivity index (χ0) is 20.5. The van der Waals surface area contributed by atoms with Gasteiger partial charge in [0, 0.05) is 18.7 Å². The van der Waals surface area contributed by atoms with E-state index < -0.39 is 33.3 Å². The van der Waals surface area contributed by atoms with Gasteiger partial charge in [-0.05, 0) is 48.6 Å². The summed E-state index contributed by atoms with van der Waals surface area (Å²) in [6.45, 7) is 4.85. The second-order valence-electron chi connectivity index (χ2n) is 7.35. The Hall–Kier alpha value is -2.32. The molecule has 28 heavy (non-hydrogen) atoms. The molecule has 2 aromatic rings. The third-order valence-electron chi connectivity index (χ3n) is 4.77. The van der Waals surface area contributed by atoms with Crippen LogP contribution >= 0.6 is 0 Å². The van der Waals surface area contributed by atoms with Gasteiger partial charge in [0.1, 0.15) is 17.3 Å². The quantitative estimate of drug-likeness (QED) is 0.835. The summed E-state index contributed by atoms with van der Waals surface area (Å²) in [5.74, 6) is -2.12. The monoisotopic (exact) mass is 408 g/mol. The minimum Gasteiger partial charge on any atom is -0.317 e. The van der Waals surface area contributed by atoms with Crippen LogP contribution in [-0.4, -0.2) is 31.7 Å². The van der Waals surface area contributed by atoms with Crippen LogP contribution in [0.15, 0.2) is 47.4 Å². The molecule has 1 aliphatic heterocycles. The lowest BCUT2D eigenvalue weighted by Gasteiger charge is -2.34. The fourth-order valence-electron chi connectivity index (χ4n) is 3.55. The van der Waals surface area contributed by atoms with Crippen molar-refractivity contribution in [2.75, 3.05) is 18.4 Å². The van der Waals surface area contributed by atoms with Crippen LogP contribution in [0.25, 0.3) is 0 Å². The molecule has 0 aliphatic carbocycles. The van der Waals surface area contributed by atoms with Gasteiger partial charge in [0.05, 0.1) is 4.90 Å². The zero-order valence-corrected chi connectivity index (χ0v) is 16.5. The van der Waals surface area contributed by atoms with Gasteiger partial charge in [-0.1, -0.05) is 26.0 Å². The van der Waals surface area contributed by atoms with Crippen LogP contribution in [0.1, 0.15) is 30.6 Å². The number of carbonyl (C=O) groups excluding carboxylic acids is 1. The summed E-state index contributed by atoms with van der Waals surface area (Å²) in [6, 6.07) is 8.72. The van der Waals surface area contributed by atoms with Crippen LogP contribution in [0.3, 0.4) is 0 Å². The molecule has 1 amide bonds. The number of halogens is 2. The van der Waals surface area contributed by atoms with E-state index in [1.54, 1.807) is 0 Å². The van der Waals surface area contributed by atoms with Crippen LogP contribution in [0.2, 0.25) is 0 Å². The van der Waals surface area contributed by atoms with Crippen molar-refractivity contribution in [1.82, 2.24) is 4.31 Å². The number of rotatable bonds is 4. The highest BCUT2D eigenvalue weighted by Gasteiger charge is 2.32. The SMILES string of the molecule is CC1CC(C)CN(S(=O)(=O)c2cccc(C(=O)Nc3c(F)cccc3F)c2)C1. The lowest BCUT2D eigenvalue weighted by atomic mass is 9.94. The minimum atomic E-state index is -3.77. The Morgan fingerprint density at radius 1 is 1.04 bits per heavy atom. The number of hydrogen-bond acceptors (Lipinski definition) is 3. The number of hydrogen-bond donors (Lipinski definition) is 1. The van der Waals surface area contributed by atoms with Crippen molar-refractivity contribution < 1.29 is 22.0 Å². The average Bonchev–Trinajstić information content (AvgIpc) is 2.64. The molecule has 0 spiro atoms. The van der Waals surface area contributed by atoms with Crippen molar-refractivity contribution in [2.24, 2.45) is 11.8 Å². The van der Waals surface area contributed by atoms with Gasteiger partial charge in [-0.2, -0.15) is 4.31 Å². The molecule has 5 nitrogen and oxygen atoms in total. The molecular formula is C20H22F2N2O3S. The van der Waals surface area contributed by atoms with Crippen molar-refractivity contribution in [3.8, 4) is 0 Å². The number of para-hydroxylation sites is 1. The van der Waals surface area contributed by atoms with E-state index in [0.717, 1.165) is 18.6 Å². The summed E-state index contributed by atoms with van der Waals surface area (Å²) >= 11 is 0. The molecule has 2 atom stereocenters. The molecule has 0 saturated carbocycles. The van der Waals surface area contributed by atoms with Gasteiger partial charge in [0.2, 0.25) is 10.0 Å². The summed E-state index contributed by atoms with van der Waals surface area (Å²) < 4.78 is 54.9. The Kier molecular flexibility index (Phi) is 5.81. The van der Waals surface area contributed by atoms with Crippen LogP contribution in [0.5, 0.6) is 0 Å². The fourth-order valence-corrected chi connectivity index (χ4v) is 5.28. The predicted molar refractivity (Wildman–Crippen MR) is 102 cm³/mol. The molecule has 0 aromatic heterocycles. The molecule has 0 radical (unpaired) electrons. The highest BCUT2D eigenvalue weighted by molar-refractivity contribution is 7.89. The van der Waals surface area contributed by atoms with Crippen molar-refractivity contribution in [1.29, 1.82) is 0 Å². The first-order chi connectivity index (χ1) is 13.2. The van der Waals surface area contributed by atoms with Crippen LogP contribution in [0, 0.1) is 23.5 Å². The lowest BCUT2D eigenvalue weighted by Crippen LogP contribution is -2.42. The van der Waals surface area contributed by atoms with Gasteiger partial charge in [-0.3, -0.25) is 4.79 Å². The molecule has 2 unspecified atom stereocenters. The van der Waals surface area contributed by atoms with E-state index in [-0.39, 0.29) is 22.3 Å². The van der Waals surface area contributed by atoms with E-state index in [2.05, 4.69) is 5.32 Å². The molecule has 150 valence electrons. The van der Waals surface area contributed by atoms with E-state index in [9.17, 15) is 22.0 Å². The molecule has 8 heteroatoms. The standard InChI is InChI=1S/C20H22F2N2O3S/c1-13-9-14(2)12-24(11-13)28(26,27)16-6-3-5-15(10-16)20(25)23-19-17(21)7-4-8-18(19)22/h3-8,10,13-14H,9,11-12H2,1-2H3,(H,23,25). The Balaban J connectivity index is 1.86. The van der Waals surface area contributed by atoms with Crippen molar-refractivity contribution in [3.63, 3.8) is 0 Å².